The first-order valence-corrected chi connectivity index (χ1v) is 9.67. The van der Waals surface area contributed by atoms with Crippen LogP contribution < -0.4 is 0 Å². The average Bonchev–Trinajstić information content (AvgIpc) is 3.28. The molecule has 0 bridgehead atoms. The SMILES string of the molecule is CC(=O)c1cc(CC(=O)N2CCN(Cc3ccoc3)C(CCO)C2)cs1. The van der Waals surface area contributed by atoms with Crippen LogP contribution in [0.3, 0.4) is 0 Å². The first-order chi connectivity index (χ1) is 12.6. The van der Waals surface area contributed by atoms with E-state index in [0.29, 0.717) is 30.8 Å². The van der Waals surface area contributed by atoms with E-state index in [1.54, 1.807) is 12.5 Å². The Morgan fingerprint density at radius 2 is 2.19 bits per heavy atom. The molecular weight excluding hydrogens is 352 g/mol. The van der Waals surface area contributed by atoms with E-state index in [-0.39, 0.29) is 24.3 Å². The molecule has 2 aromatic rings. The fourth-order valence-corrected chi connectivity index (χ4v) is 4.12. The third-order valence-corrected chi connectivity index (χ3v) is 5.82. The number of piperazine rings is 1. The predicted octanol–water partition coefficient (Wildman–Crippen LogP) is 2.18. The first kappa shape index (κ1) is 18.8. The van der Waals surface area contributed by atoms with Crippen molar-refractivity contribution < 1.29 is 19.1 Å². The van der Waals surface area contributed by atoms with Crippen LogP contribution >= 0.6 is 11.3 Å². The maximum Gasteiger partial charge on any atom is 0.227 e. The van der Waals surface area contributed by atoms with Gasteiger partial charge in [-0.1, -0.05) is 0 Å². The van der Waals surface area contributed by atoms with Gasteiger partial charge in [0.1, 0.15) is 0 Å². The van der Waals surface area contributed by atoms with Crippen LogP contribution in [0.5, 0.6) is 0 Å². The van der Waals surface area contributed by atoms with Crippen LogP contribution in [-0.2, 0) is 17.8 Å². The lowest BCUT2D eigenvalue weighted by Gasteiger charge is -2.41. The van der Waals surface area contributed by atoms with E-state index in [0.717, 1.165) is 24.2 Å². The highest BCUT2D eigenvalue weighted by molar-refractivity contribution is 7.12. The summed E-state index contributed by atoms with van der Waals surface area (Å²) in [4.78, 5) is 28.9. The molecule has 2 aromatic heterocycles. The van der Waals surface area contributed by atoms with Gasteiger partial charge in [-0.2, -0.15) is 0 Å². The van der Waals surface area contributed by atoms with Crippen LogP contribution in [-0.4, -0.2) is 58.9 Å². The Kier molecular flexibility index (Phi) is 6.24. The second kappa shape index (κ2) is 8.62. The van der Waals surface area contributed by atoms with Crippen molar-refractivity contribution in [2.75, 3.05) is 26.2 Å². The van der Waals surface area contributed by atoms with Gasteiger partial charge in [0, 0.05) is 44.4 Å². The van der Waals surface area contributed by atoms with Crippen molar-refractivity contribution in [2.45, 2.75) is 32.4 Å². The summed E-state index contributed by atoms with van der Waals surface area (Å²) in [6.07, 6.45) is 4.34. The molecule has 1 amide bonds. The number of nitrogens with zero attached hydrogens (tertiary/aromatic N) is 2. The molecule has 0 saturated carbocycles. The second-order valence-corrected chi connectivity index (χ2v) is 7.57. The molecule has 1 saturated heterocycles. The van der Waals surface area contributed by atoms with E-state index in [1.165, 1.54) is 18.3 Å². The van der Waals surface area contributed by atoms with Crippen LogP contribution in [0.4, 0.5) is 0 Å². The minimum absolute atomic E-state index is 0.0320. The standard InChI is InChI=1S/C19H24N2O4S/c1-14(23)18-8-16(13-26-18)9-19(24)21-5-4-20(17(11-21)2-6-22)10-15-3-7-25-12-15/h3,7-8,12-13,17,22H,2,4-6,9-11H2,1H3. The number of rotatable bonds is 7. The lowest BCUT2D eigenvalue weighted by atomic mass is 10.1. The summed E-state index contributed by atoms with van der Waals surface area (Å²) in [5, 5.41) is 11.3. The fourth-order valence-electron chi connectivity index (χ4n) is 3.31. The number of aliphatic hydroxyl groups excluding tert-OH is 1. The van der Waals surface area contributed by atoms with Crippen molar-refractivity contribution in [3.63, 3.8) is 0 Å². The predicted molar refractivity (Wildman–Crippen MR) is 99.2 cm³/mol. The average molecular weight is 376 g/mol. The molecule has 1 aliphatic heterocycles. The van der Waals surface area contributed by atoms with Crippen LogP contribution in [0.1, 0.15) is 34.1 Å². The summed E-state index contributed by atoms with van der Waals surface area (Å²) in [6, 6.07) is 3.88. The van der Waals surface area contributed by atoms with Gasteiger partial charge in [-0.3, -0.25) is 14.5 Å². The van der Waals surface area contributed by atoms with Crippen LogP contribution in [0.25, 0.3) is 0 Å². The van der Waals surface area contributed by atoms with Crippen LogP contribution in [0.2, 0.25) is 0 Å². The number of carbonyl (C=O) groups is 2. The number of carbonyl (C=O) groups excluding carboxylic acids is 2. The number of hydrogen-bond donors (Lipinski definition) is 1. The summed E-state index contributed by atoms with van der Waals surface area (Å²) >= 11 is 1.39. The van der Waals surface area contributed by atoms with Crippen molar-refractivity contribution >= 4 is 23.0 Å². The zero-order chi connectivity index (χ0) is 18.5. The molecule has 6 nitrogen and oxygen atoms in total. The highest BCUT2D eigenvalue weighted by atomic mass is 32.1. The van der Waals surface area contributed by atoms with Gasteiger partial charge in [0.25, 0.3) is 0 Å². The van der Waals surface area contributed by atoms with E-state index in [2.05, 4.69) is 4.90 Å². The Morgan fingerprint density at radius 1 is 1.35 bits per heavy atom. The number of aliphatic hydroxyl groups is 1. The lowest BCUT2D eigenvalue weighted by molar-refractivity contribution is -0.133. The van der Waals surface area contributed by atoms with E-state index in [9.17, 15) is 14.7 Å². The molecule has 7 heteroatoms. The summed E-state index contributed by atoms with van der Waals surface area (Å²) in [7, 11) is 0. The smallest absolute Gasteiger partial charge is 0.227 e. The van der Waals surface area contributed by atoms with E-state index in [4.69, 9.17) is 4.42 Å². The second-order valence-electron chi connectivity index (χ2n) is 6.66. The monoisotopic (exact) mass is 376 g/mol. The highest BCUT2D eigenvalue weighted by Gasteiger charge is 2.29. The highest BCUT2D eigenvalue weighted by Crippen LogP contribution is 2.20. The minimum Gasteiger partial charge on any atom is -0.472 e. The number of hydrogen-bond acceptors (Lipinski definition) is 6. The fraction of sp³-hybridized carbons (Fsp3) is 0.474. The molecule has 1 atom stereocenters. The number of amides is 1. The maximum atomic E-state index is 12.7. The Morgan fingerprint density at radius 3 is 2.85 bits per heavy atom. The zero-order valence-electron chi connectivity index (χ0n) is 14.9. The Bertz CT molecular complexity index is 741. The van der Waals surface area contributed by atoms with Crippen molar-refractivity contribution in [3.8, 4) is 0 Å². The molecule has 140 valence electrons. The van der Waals surface area contributed by atoms with Gasteiger partial charge in [-0.05, 0) is 36.4 Å². The molecule has 3 heterocycles. The molecule has 0 spiro atoms. The topological polar surface area (TPSA) is 74.0 Å². The molecule has 1 fully saturated rings. The number of ketones is 1. The lowest BCUT2D eigenvalue weighted by Crippen LogP contribution is -2.54. The van der Waals surface area contributed by atoms with Gasteiger partial charge < -0.3 is 14.4 Å². The van der Waals surface area contributed by atoms with E-state index in [1.807, 2.05) is 22.4 Å². The molecule has 26 heavy (non-hydrogen) atoms. The van der Waals surface area contributed by atoms with Gasteiger partial charge >= 0.3 is 0 Å². The van der Waals surface area contributed by atoms with Gasteiger partial charge in [0.15, 0.2) is 5.78 Å². The molecule has 1 unspecified atom stereocenters. The molecular formula is C19H24N2O4S. The number of thiophene rings is 1. The largest absolute Gasteiger partial charge is 0.472 e. The molecule has 3 rings (SSSR count). The minimum atomic E-state index is 0.0320. The zero-order valence-corrected chi connectivity index (χ0v) is 15.7. The van der Waals surface area contributed by atoms with Gasteiger partial charge in [0.05, 0.1) is 23.8 Å². The van der Waals surface area contributed by atoms with Crippen LogP contribution in [0, 0.1) is 0 Å². The van der Waals surface area contributed by atoms with Gasteiger partial charge in [-0.15, -0.1) is 11.3 Å². The summed E-state index contributed by atoms with van der Waals surface area (Å²) in [5.74, 6) is 0.105. The third kappa shape index (κ3) is 4.60. The summed E-state index contributed by atoms with van der Waals surface area (Å²) in [6.45, 7) is 4.44. The molecule has 0 aromatic carbocycles. The third-order valence-electron chi connectivity index (χ3n) is 4.74. The molecule has 0 aliphatic carbocycles. The van der Waals surface area contributed by atoms with Crippen molar-refractivity contribution in [1.29, 1.82) is 0 Å². The van der Waals surface area contributed by atoms with Gasteiger partial charge in [0.2, 0.25) is 5.91 Å². The van der Waals surface area contributed by atoms with Gasteiger partial charge in [-0.25, -0.2) is 0 Å². The first-order valence-electron chi connectivity index (χ1n) is 8.79. The van der Waals surface area contributed by atoms with E-state index < -0.39 is 0 Å². The number of Topliss-reactive ketones (excluding diaryl/α,β-unsaturated/α-hetero) is 1. The quantitative estimate of drug-likeness (QED) is 0.750. The Hall–Kier alpha value is -1.96. The summed E-state index contributed by atoms with van der Waals surface area (Å²) in [5.41, 5.74) is 1.99. The Labute approximate surface area is 157 Å². The van der Waals surface area contributed by atoms with Crippen molar-refractivity contribution in [1.82, 2.24) is 9.80 Å². The molecule has 0 radical (unpaired) electrons. The normalized spacial score (nSPS) is 18.2. The van der Waals surface area contributed by atoms with Crippen molar-refractivity contribution in [3.05, 3.63) is 46.0 Å². The molecule has 1 N–H and O–H groups in total. The van der Waals surface area contributed by atoms with Crippen molar-refractivity contribution in [2.24, 2.45) is 0 Å². The number of furan rings is 1. The Balaban J connectivity index is 1.60. The van der Waals surface area contributed by atoms with Crippen LogP contribution in [0.15, 0.2) is 34.5 Å². The molecule has 1 aliphatic rings. The van der Waals surface area contributed by atoms with E-state index >= 15 is 0 Å². The maximum absolute atomic E-state index is 12.7. The summed E-state index contributed by atoms with van der Waals surface area (Å²) < 4.78 is 5.13.